The number of nitrogens with two attached hydrogens (primary N) is 1. The van der Waals surface area contributed by atoms with Crippen molar-refractivity contribution < 1.29 is 9.53 Å². The normalized spacial score (nSPS) is 10.1. The van der Waals surface area contributed by atoms with Gasteiger partial charge >= 0.3 is 0 Å². The molecule has 0 fully saturated rings. The highest BCUT2D eigenvalue weighted by atomic mass is 16.5. The van der Waals surface area contributed by atoms with Gasteiger partial charge in [-0.25, -0.2) is 0 Å². The van der Waals surface area contributed by atoms with Crippen LogP contribution in [0.2, 0.25) is 0 Å². The fourth-order valence-electron chi connectivity index (χ4n) is 1.53. The number of hydrogen-bond donors (Lipinski definition) is 1. The molecule has 0 heterocycles. The number of amides is 1. The lowest BCUT2D eigenvalue weighted by atomic mass is 10.1. The first-order chi connectivity index (χ1) is 7.06. The molecule has 3 nitrogen and oxygen atoms in total. The van der Waals surface area contributed by atoms with Crippen LogP contribution in [-0.2, 0) is 0 Å². The number of rotatable bonds is 4. The molecule has 0 aliphatic rings. The standard InChI is InChI=1S/C12H17NO2/c1-4-5-15-11-9(3)6-8(2)7-10(11)12(13)14/h6-7H,4-5H2,1-3H3,(H2,13,14). The summed E-state index contributed by atoms with van der Waals surface area (Å²) in [5.41, 5.74) is 7.75. The van der Waals surface area contributed by atoms with E-state index in [9.17, 15) is 4.79 Å². The quantitative estimate of drug-likeness (QED) is 0.822. The number of primary amides is 1. The molecule has 0 atom stereocenters. The van der Waals surface area contributed by atoms with E-state index in [1.165, 1.54) is 0 Å². The van der Waals surface area contributed by atoms with Crippen LogP contribution >= 0.6 is 0 Å². The molecule has 0 saturated heterocycles. The highest BCUT2D eigenvalue weighted by molar-refractivity contribution is 5.96. The smallest absolute Gasteiger partial charge is 0.252 e. The maximum atomic E-state index is 11.2. The van der Waals surface area contributed by atoms with Crippen LogP contribution in [0.1, 0.15) is 34.8 Å². The minimum atomic E-state index is -0.437. The van der Waals surface area contributed by atoms with Gasteiger partial charge in [-0.2, -0.15) is 0 Å². The molecule has 0 aliphatic heterocycles. The van der Waals surface area contributed by atoms with Crippen molar-refractivity contribution in [3.05, 3.63) is 28.8 Å². The predicted molar refractivity (Wildman–Crippen MR) is 60.2 cm³/mol. The lowest BCUT2D eigenvalue weighted by Crippen LogP contribution is -2.14. The molecule has 0 saturated carbocycles. The van der Waals surface area contributed by atoms with Crippen molar-refractivity contribution in [1.82, 2.24) is 0 Å². The van der Waals surface area contributed by atoms with E-state index in [0.29, 0.717) is 17.9 Å². The molecule has 1 amide bonds. The molecule has 0 spiro atoms. The van der Waals surface area contributed by atoms with Gasteiger partial charge in [0.15, 0.2) is 0 Å². The van der Waals surface area contributed by atoms with E-state index in [2.05, 4.69) is 0 Å². The molecule has 0 aliphatic carbocycles. The van der Waals surface area contributed by atoms with Crippen LogP contribution in [0.15, 0.2) is 12.1 Å². The van der Waals surface area contributed by atoms with Gasteiger partial charge in [-0.05, 0) is 37.5 Å². The molecule has 1 aromatic rings. The SMILES string of the molecule is CCCOc1c(C)cc(C)cc1C(N)=O. The number of hydrogen-bond acceptors (Lipinski definition) is 2. The van der Waals surface area contributed by atoms with Crippen molar-refractivity contribution in [2.45, 2.75) is 27.2 Å². The Labute approximate surface area is 90.2 Å². The number of benzene rings is 1. The molecule has 82 valence electrons. The van der Waals surface area contributed by atoms with Crippen LogP contribution < -0.4 is 10.5 Å². The van der Waals surface area contributed by atoms with E-state index >= 15 is 0 Å². The Morgan fingerprint density at radius 3 is 2.60 bits per heavy atom. The first kappa shape index (κ1) is 11.6. The van der Waals surface area contributed by atoms with E-state index in [1.807, 2.05) is 26.8 Å². The van der Waals surface area contributed by atoms with Gasteiger partial charge in [0, 0.05) is 0 Å². The molecular formula is C12H17NO2. The van der Waals surface area contributed by atoms with Gasteiger partial charge in [-0.3, -0.25) is 4.79 Å². The second kappa shape index (κ2) is 4.82. The van der Waals surface area contributed by atoms with E-state index in [-0.39, 0.29) is 0 Å². The average Bonchev–Trinajstić information content (AvgIpc) is 2.15. The maximum Gasteiger partial charge on any atom is 0.252 e. The summed E-state index contributed by atoms with van der Waals surface area (Å²) < 4.78 is 5.53. The number of aryl methyl sites for hydroxylation is 2. The van der Waals surface area contributed by atoms with Crippen LogP contribution in [0.5, 0.6) is 5.75 Å². The molecule has 0 bridgehead atoms. The second-order valence-corrected chi connectivity index (χ2v) is 3.67. The number of carbonyl (C=O) groups is 1. The minimum Gasteiger partial charge on any atom is -0.492 e. The third-order valence-electron chi connectivity index (χ3n) is 2.13. The summed E-state index contributed by atoms with van der Waals surface area (Å²) in [5, 5.41) is 0. The van der Waals surface area contributed by atoms with Gasteiger partial charge < -0.3 is 10.5 Å². The van der Waals surface area contributed by atoms with E-state index in [1.54, 1.807) is 6.07 Å². The fraction of sp³-hybridized carbons (Fsp3) is 0.417. The summed E-state index contributed by atoms with van der Waals surface area (Å²) in [5.74, 6) is 0.183. The van der Waals surface area contributed by atoms with Crippen molar-refractivity contribution in [2.75, 3.05) is 6.61 Å². The van der Waals surface area contributed by atoms with E-state index in [4.69, 9.17) is 10.5 Å². The first-order valence-electron chi connectivity index (χ1n) is 5.10. The van der Waals surface area contributed by atoms with Gasteiger partial charge in [0.2, 0.25) is 0 Å². The van der Waals surface area contributed by atoms with Crippen LogP contribution in [-0.4, -0.2) is 12.5 Å². The Morgan fingerprint density at radius 1 is 1.40 bits per heavy atom. The molecule has 15 heavy (non-hydrogen) atoms. The molecule has 0 unspecified atom stereocenters. The van der Waals surface area contributed by atoms with Crippen molar-refractivity contribution >= 4 is 5.91 Å². The molecule has 1 aromatic carbocycles. The first-order valence-corrected chi connectivity index (χ1v) is 5.10. The van der Waals surface area contributed by atoms with E-state index < -0.39 is 5.91 Å². The molecule has 1 rings (SSSR count). The van der Waals surface area contributed by atoms with Crippen molar-refractivity contribution in [3.63, 3.8) is 0 Å². The van der Waals surface area contributed by atoms with E-state index in [0.717, 1.165) is 17.5 Å². The lowest BCUT2D eigenvalue weighted by molar-refractivity contribution is 0.0996. The van der Waals surface area contributed by atoms with Crippen molar-refractivity contribution in [1.29, 1.82) is 0 Å². The van der Waals surface area contributed by atoms with Gasteiger partial charge in [0.05, 0.1) is 12.2 Å². The van der Waals surface area contributed by atoms with Crippen LogP contribution in [0, 0.1) is 13.8 Å². The number of carbonyl (C=O) groups excluding carboxylic acids is 1. The summed E-state index contributed by atoms with van der Waals surface area (Å²) in [7, 11) is 0. The lowest BCUT2D eigenvalue weighted by Gasteiger charge is -2.12. The van der Waals surface area contributed by atoms with Crippen molar-refractivity contribution in [3.8, 4) is 5.75 Å². The molecular weight excluding hydrogens is 190 g/mol. The largest absolute Gasteiger partial charge is 0.492 e. The summed E-state index contributed by atoms with van der Waals surface area (Å²) in [6, 6.07) is 3.75. The molecule has 0 radical (unpaired) electrons. The Hall–Kier alpha value is -1.51. The second-order valence-electron chi connectivity index (χ2n) is 3.67. The van der Waals surface area contributed by atoms with Gasteiger partial charge in [0.25, 0.3) is 5.91 Å². The van der Waals surface area contributed by atoms with Gasteiger partial charge in [-0.1, -0.05) is 13.0 Å². The van der Waals surface area contributed by atoms with Gasteiger partial charge in [-0.15, -0.1) is 0 Å². The van der Waals surface area contributed by atoms with Crippen LogP contribution in [0.4, 0.5) is 0 Å². The zero-order chi connectivity index (χ0) is 11.4. The average molecular weight is 207 g/mol. The highest BCUT2D eigenvalue weighted by Gasteiger charge is 2.12. The predicted octanol–water partition coefficient (Wildman–Crippen LogP) is 2.19. The summed E-state index contributed by atoms with van der Waals surface area (Å²) in [6.45, 7) is 6.48. The number of ether oxygens (including phenoxy) is 1. The summed E-state index contributed by atoms with van der Waals surface area (Å²) in [6.07, 6.45) is 0.908. The monoisotopic (exact) mass is 207 g/mol. The van der Waals surface area contributed by atoms with Gasteiger partial charge in [0.1, 0.15) is 5.75 Å². The van der Waals surface area contributed by atoms with Crippen LogP contribution in [0.25, 0.3) is 0 Å². The fourth-order valence-corrected chi connectivity index (χ4v) is 1.53. The Bertz CT molecular complexity index is 372. The third kappa shape index (κ3) is 2.72. The Morgan fingerprint density at radius 2 is 2.07 bits per heavy atom. The van der Waals surface area contributed by atoms with Crippen LogP contribution in [0.3, 0.4) is 0 Å². The molecule has 2 N–H and O–H groups in total. The molecule has 0 aromatic heterocycles. The molecule has 3 heteroatoms. The minimum absolute atomic E-state index is 0.437. The summed E-state index contributed by atoms with van der Waals surface area (Å²) >= 11 is 0. The van der Waals surface area contributed by atoms with Crippen molar-refractivity contribution in [2.24, 2.45) is 5.73 Å². The maximum absolute atomic E-state index is 11.2. The third-order valence-corrected chi connectivity index (χ3v) is 2.13. The zero-order valence-electron chi connectivity index (χ0n) is 9.46. The Kier molecular flexibility index (Phi) is 3.72. The Balaban J connectivity index is 3.15. The highest BCUT2D eigenvalue weighted by Crippen LogP contribution is 2.25. The topological polar surface area (TPSA) is 52.3 Å². The zero-order valence-corrected chi connectivity index (χ0v) is 9.46. The summed E-state index contributed by atoms with van der Waals surface area (Å²) in [4.78, 5) is 11.2.